The zero-order chi connectivity index (χ0) is 22.1. The Kier molecular flexibility index (Phi) is 10.0. The summed E-state index contributed by atoms with van der Waals surface area (Å²) in [7, 11) is 0. The van der Waals surface area contributed by atoms with Gasteiger partial charge in [-0.2, -0.15) is 0 Å². The summed E-state index contributed by atoms with van der Waals surface area (Å²) in [4.78, 5) is 27.4. The van der Waals surface area contributed by atoms with Crippen molar-refractivity contribution in [3.05, 3.63) is 69.7 Å². The van der Waals surface area contributed by atoms with Crippen LogP contribution in [0, 0.1) is 0 Å². The molecular formula is C23H28Cl2N2O2S. The molecule has 162 valence electrons. The van der Waals surface area contributed by atoms with Crippen LogP contribution < -0.4 is 5.32 Å². The van der Waals surface area contributed by atoms with Crippen molar-refractivity contribution in [3.8, 4) is 0 Å². The van der Waals surface area contributed by atoms with Gasteiger partial charge in [0.25, 0.3) is 0 Å². The summed E-state index contributed by atoms with van der Waals surface area (Å²) >= 11 is 13.9. The molecule has 0 saturated heterocycles. The predicted molar refractivity (Wildman–Crippen MR) is 127 cm³/mol. The first kappa shape index (κ1) is 24.6. The molecule has 2 aromatic rings. The minimum Gasteiger partial charge on any atom is -0.352 e. The fourth-order valence-electron chi connectivity index (χ4n) is 2.82. The van der Waals surface area contributed by atoms with Gasteiger partial charge in [-0.3, -0.25) is 9.59 Å². The Balaban J connectivity index is 2.08. The topological polar surface area (TPSA) is 49.4 Å². The maximum Gasteiger partial charge on any atom is 0.242 e. The minimum absolute atomic E-state index is 0.0605. The van der Waals surface area contributed by atoms with Gasteiger partial charge in [-0.05, 0) is 43.5 Å². The van der Waals surface area contributed by atoms with E-state index in [9.17, 15) is 9.59 Å². The summed E-state index contributed by atoms with van der Waals surface area (Å²) in [5.41, 5.74) is 1.80. The van der Waals surface area contributed by atoms with Gasteiger partial charge in [-0.25, -0.2) is 0 Å². The van der Waals surface area contributed by atoms with E-state index in [4.69, 9.17) is 23.2 Å². The van der Waals surface area contributed by atoms with Gasteiger partial charge in [0.05, 0.1) is 5.75 Å². The summed E-state index contributed by atoms with van der Waals surface area (Å²) in [5.74, 6) is 0.512. The summed E-state index contributed by atoms with van der Waals surface area (Å²) in [6.07, 6.45) is 0.833. The van der Waals surface area contributed by atoms with Crippen molar-refractivity contribution in [2.24, 2.45) is 0 Å². The highest BCUT2D eigenvalue weighted by atomic mass is 35.5. The molecule has 0 bridgehead atoms. The molecule has 0 fully saturated rings. The molecule has 0 aliphatic rings. The number of benzene rings is 2. The number of halogens is 2. The predicted octanol–water partition coefficient (Wildman–Crippen LogP) is 5.56. The van der Waals surface area contributed by atoms with Gasteiger partial charge < -0.3 is 10.2 Å². The van der Waals surface area contributed by atoms with Gasteiger partial charge in [0.15, 0.2) is 0 Å². The van der Waals surface area contributed by atoms with Crippen LogP contribution in [0.2, 0.25) is 10.0 Å². The number of nitrogens with zero attached hydrogens (tertiary/aromatic N) is 1. The molecule has 4 nitrogen and oxygen atoms in total. The van der Waals surface area contributed by atoms with E-state index in [1.807, 2.05) is 44.2 Å². The second kappa shape index (κ2) is 12.2. The van der Waals surface area contributed by atoms with E-state index in [1.165, 1.54) is 11.8 Å². The fraction of sp³-hybridized carbons (Fsp3) is 0.391. The first-order chi connectivity index (χ1) is 14.3. The molecule has 7 heteroatoms. The zero-order valence-electron chi connectivity index (χ0n) is 17.5. The van der Waals surface area contributed by atoms with Gasteiger partial charge in [0.2, 0.25) is 11.8 Å². The Bertz CT molecular complexity index is 828. The molecule has 2 aromatic carbocycles. The second-order valence-electron chi connectivity index (χ2n) is 7.19. The van der Waals surface area contributed by atoms with Crippen molar-refractivity contribution in [1.82, 2.24) is 10.2 Å². The molecule has 30 heavy (non-hydrogen) atoms. The second-order valence-corrected chi connectivity index (χ2v) is 8.99. The van der Waals surface area contributed by atoms with Crippen LogP contribution in [-0.4, -0.2) is 34.6 Å². The third-order valence-electron chi connectivity index (χ3n) is 4.90. The van der Waals surface area contributed by atoms with Gasteiger partial charge in [-0.1, -0.05) is 66.5 Å². The van der Waals surface area contributed by atoms with E-state index in [0.29, 0.717) is 22.3 Å². The fourth-order valence-corrected chi connectivity index (χ4v) is 4.47. The lowest BCUT2D eigenvalue weighted by Crippen LogP contribution is -2.50. The normalized spacial score (nSPS) is 12.8. The standard InChI is InChI=1S/C23H28Cl2N2O2S/c1-4-16(2)26-23(29)17(3)27(13-18-9-6-5-7-10-18)22(28)15-30-14-19-20(24)11-8-12-21(19)25/h5-12,16-17H,4,13-15H2,1-3H3,(H,26,29)/t16-,17-/m0/s1. The largest absolute Gasteiger partial charge is 0.352 e. The number of carbonyl (C=O) groups excluding carboxylic acids is 2. The van der Waals surface area contributed by atoms with Gasteiger partial charge >= 0.3 is 0 Å². The summed E-state index contributed by atoms with van der Waals surface area (Å²) in [5, 5.41) is 4.15. The average molecular weight is 467 g/mol. The van der Waals surface area contributed by atoms with E-state index in [2.05, 4.69) is 5.32 Å². The number of rotatable bonds is 10. The van der Waals surface area contributed by atoms with Crippen molar-refractivity contribution in [3.63, 3.8) is 0 Å². The van der Waals surface area contributed by atoms with Crippen molar-refractivity contribution < 1.29 is 9.59 Å². The highest BCUT2D eigenvalue weighted by Gasteiger charge is 2.26. The van der Waals surface area contributed by atoms with Crippen molar-refractivity contribution in [1.29, 1.82) is 0 Å². The van der Waals surface area contributed by atoms with Gasteiger partial charge in [0, 0.05) is 28.4 Å². The lowest BCUT2D eigenvalue weighted by molar-refractivity contribution is -0.138. The maximum atomic E-state index is 13.1. The molecule has 0 heterocycles. The van der Waals surface area contributed by atoms with E-state index in [1.54, 1.807) is 30.0 Å². The summed E-state index contributed by atoms with van der Waals surface area (Å²) < 4.78 is 0. The number of hydrogen-bond acceptors (Lipinski definition) is 3. The minimum atomic E-state index is -0.573. The molecule has 2 rings (SSSR count). The first-order valence-corrected chi connectivity index (χ1v) is 11.9. The Hall–Kier alpha value is -1.69. The monoisotopic (exact) mass is 466 g/mol. The molecule has 0 unspecified atom stereocenters. The molecule has 0 aromatic heterocycles. The quantitative estimate of drug-likeness (QED) is 0.498. The van der Waals surface area contributed by atoms with E-state index >= 15 is 0 Å². The zero-order valence-corrected chi connectivity index (χ0v) is 19.9. The van der Waals surface area contributed by atoms with Crippen LogP contribution in [0.25, 0.3) is 0 Å². The number of carbonyl (C=O) groups is 2. The van der Waals surface area contributed by atoms with Gasteiger partial charge in [0.1, 0.15) is 6.04 Å². The molecule has 2 atom stereocenters. The van der Waals surface area contributed by atoms with E-state index in [-0.39, 0.29) is 23.6 Å². The lowest BCUT2D eigenvalue weighted by atomic mass is 10.1. The third kappa shape index (κ3) is 7.22. The van der Waals surface area contributed by atoms with Crippen LogP contribution in [0.3, 0.4) is 0 Å². The van der Waals surface area contributed by atoms with Crippen LogP contribution in [0.5, 0.6) is 0 Å². The smallest absolute Gasteiger partial charge is 0.242 e. The van der Waals surface area contributed by atoms with Crippen LogP contribution >= 0.6 is 35.0 Å². The van der Waals surface area contributed by atoms with Crippen LogP contribution in [0.15, 0.2) is 48.5 Å². The van der Waals surface area contributed by atoms with E-state index in [0.717, 1.165) is 17.5 Å². The first-order valence-electron chi connectivity index (χ1n) is 9.97. The Labute approximate surface area is 193 Å². The van der Waals surface area contributed by atoms with Crippen molar-refractivity contribution in [2.75, 3.05) is 5.75 Å². The Morgan fingerprint density at radius 2 is 1.67 bits per heavy atom. The van der Waals surface area contributed by atoms with E-state index < -0.39 is 6.04 Å². The van der Waals surface area contributed by atoms with Crippen molar-refractivity contribution >= 4 is 46.8 Å². The van der Waals surface area contributed by atoms with Crippen molar-refractivity contribution in [2.45, 2.75) is 51.6 Å². The summed E-state index contributed by atoms with van der Waals surface area (Å²) in [6.45, 7) is 6.12. The Morgan fingerprint density at radius 1 is 1.03 bits per heavy atom. The number of thioether (sulfide) groups is 1. The molecule has 0 aliphatic heterocycles. The molecule has 0 radical (unpaired) electrons. The molecule has 0 saturated carbocycles. The third-order valence-corrected chi connectivity index (χ3v) is 6.55. The van der Waals surface area contributed by atoms with Crippen LogP contribution in [0.1, 0.15) is 38.3 Å². The molecule has 2 amide bonds. The molecular weight excluding hydrogens is 439 g/mol. The highest BCUT2D eigenvalue weighted by Crippen LogP contribution is 2.28. The van der Waals surface area contributed by atoms with Gasteiger partial charge in [-0.15, -0.1) is 11.8 Å². The lowest BCUT2D eigenvalue weighted by Gasteiger charge is -2.29. The Morgan fingerprint density at radius 3 is 2.27 bits per heavy atom. The van der Waals surface area contributed by atoms with Crippen LogP contribution in [-0.2, 0) is 21.9 Å². The molecule has 0 aliphatic carbocycles. The molecule has 1 N–H and O–H groups in total. The number of nitrogens with one attached hydrogen (secondary N) is 1. The maximum absolute atomic E-state index is 13.1. The number of hydrogen-bond donors (Lipinski definition) is 1. The molecule has 0 spiro atoms. The summed E-state index contributed by atoms with van der Waals surface area (Å²) in [6, 6.07) is 14.5. The SMILES string of the molecule is CC[C@H](C)NC(=O)[C@H](C)N(Cc1ccccc1)C(=O)CSCc1c(Cl)cccc1Cl. The average Bonchev–Trinajstić information content (AvgIpc) is 2.74. The highest BCUT2D eigenvalue weighted by molar-refractivity contribution is 7.99. The number of amides is 2. The van der Waals surface area contributed by atoms with Crippen LogP contribution in [0.4, 0.5) is 0 Å².